The average Bonchev–Trinajstić information content (AvgIpc) is 2.71. The summed E-state index contributed by atoms with van der Waals surface area (Å²) in [7, 11) is 0. The molecule has 0 aliphatic rings. The van der Waals surface area contributed by atoms with Crippen molar-refractivity contribution < 1.29 is 4.74 Å². The lowest BCUT2D eigenvalue weighted by molar-refractivity contribution is 0.468. The van der Waals surface area contributed by atoms with Crippen LogP contribution in [-0.4, -0.2) is 9.97 Å². The van der Waals surface area contributed by atoms with Gasteiger partial charge in [-0.25, -0.2) is 9.97 Å². The topological polar surface area (TPSA) is 35.0 Å². The number of ether oxygens (including phenoxy) is 1. The van der Waals surface area contributed by atoms with Crippen LogP contribution in [0.3, 0.4) is 0 Å². The molecule has 0 unspecified atom stereocenters. The Morgan fingerprint density at radius 1 is 1.15 bits per heavy atom. The molecule has 0 amide bonds. The van der Waals surface area contributed by atoms with Crippen LogP contribution in [0, 0.1) is 20.8 Å². The molecule has 102 valence electrons. The first kappa shape index (κ1) is 13.3. The third kappa shape index (κ3) is 2.25. The molecular formula is C15H13ClN2OS. The van der Waals surface area contributed by atoms with E-state index in [1.165, 1.54) is 16.8 Å². The molecule has 0 aliphatic heterocycles. The van der Waals surface area contributed by atoms with E-state index in [0.717, 1.165) is 26.6 Å². The van der Waals surface area contributed by atoms with Crippen LogP contribution in [0.1, 0.15) is 16.0 Å². The van der Waals surface area contributed by atoms with Crippen molar-refractivity contribution in [1.29, 1.82) is 0 Å². The first-order valence-electron chi connectivity index (χ1n) is 6.21. The standard InChI is InChI=1S/C15H13ClN2OS/c1-8-6-11(4-5-12(8)16)19-14-13-9(2)10(3)20-15(13)18-7-17-14/h4-7H,1-3H3. The predicted octanol–water partition coefficient (Wildman–Crippen LogP) is 5.06. The maximum Gasteiger partial charge on any atom is 0.231 e. The van der Waals surface area contributed by atoms with E-state index in [2.05, 4.69) is 23.8 Å². The van der Waals surface area contributed by atoms with E-state index < -0.39 is 0 Å². The molecule has 0 atom stereocenters. The molecule has 3 aromatic rings. The Kier molecular flexibility index (Phi) is 3.36. The van der Waals surface area contributed by atoms with Gasteiger partial charge in [-0.1, -0.05) is 11.6 Å². The highest BCUT2D eigenvalue weighted by Gasteiger charge is 2.13. The van der Waals surface area contributed by atoms with Crippen molar-refractivity contribution >= 4 is 33.2 Å². The SMILES string of the molecule is Cc1cc(Oc2ncnc3sc(C)c(C)c23)ccc1Cl. The van der Waals surface area contributed by atoms with Crippen LogP contribution in [0.5, 0.6) is 11.6 Å². The molecule has 0 saturated carbocycles. The fourth-order valence-corrected chi connectivity index (χ4v) is 3.12. The summed E-state index contributed by atoms with van der Waals surface area (Å²) in [6.07, 6.45) is 1.54. The summed E-state index contributed by atoms with van der Waals surface area (Å²) in [6, 6.07) is 5.58. The third-order valence-corrected chi connectivity index (χ3v) is 4.81. The zero-order valence-electron chi connectivity index (χ0n) is 11.4. The monoisotopic (exact) mass is 304 g/mol. The Morgan fingerprint density at radius 3 is 2.70 bits per heavy atom. The van der Waals surface area contributed by atoms with Crippen LogP contribution in [0.25, 0.3) is 10.2 Å². The van der Waals surface area contributed by atoms with Crippen molar-refractivity contribution in [3.8, 4) is 11.6 Å². The zero-order chi connectivity index (χ0) is 14.3. The molecule has 0 radical (unpaired) electrons. The molecule has 0 saturated heterocycles. The zero-order valence-corrected chi connectivity index (χ0v) is 13.0. The normalized spacial score (nSPS) is 11.0. The number of aromatic nitrogens is 2. The molecule has 20 heavy (non-hydrogen) atoms. The van der Waals surface area contributed by atoms with Crippen molar-refractivity contribution in [3.05, 3.63) is 45.6 Å². The van der Waals surface area contributed by atoms with E-state index >= 15 is 0 Å². The second-order valence-corrected chi connectivity index (χ2v) is 6.27. The summed E-state index contributed by atoms with van der Waals surface area (Å²) in [5.74, 6) is 1.33. The maximum atomic E-state index is 6.03. The van der Waals surface area contributed by atoms with Crippen molar-refractivity contribution in [3.63, 3.8) is 0 Å². The molecule has 5 heteroatoms. The summed E-state index contributed by atoms with van der Waals surface area (Å²) >= 11 is 7.68. The maximum absolute atomic E-state index is 6.03. The number of halogens is 1. The number of aryl methyl sites for hydroxylation is 3. The number of rotatable bonds is 2. The van der Waals surface area contributed by atoms with Crippen molar-refractivity contribution in [2.75, 3.05) is 0 Å². The minimum atomic E-state index is 0.596. The molecule has 1 aromatic carbocycles. The summed E-state index contributed by atoms with van der Waals surface area (Å²) < 4.78 is 5.92. The second kappa shape index (κ2) is 5.04. The van der Waals surface area contributed by atoms with E-state index in [4.69, 9.17) is 16.3 Å². The van der Waals surface area contributed by atoms with E-state index in [0.29, 0.717) is 5.88 Å². The minimum absolute atomic E-state index is 0.596. The number of nitrogens with zero attached hydrogens (tertiary/aromatic N) is 2. The van der Waals surface area contributed by atoms with Gasteiger partial charge in [-0.05, 0) is 50.1 Å². The minimum Gasteiger partial charge on any atom is -0.438 e. The van der Waals surface area contributed by atoms with Gasteiger partial charge in [-0.15, -0.1) is 11.3 Å². The van der Waals surface area contributed by atoms with Gasteiger partial charge in [0.15, 0.2) is 0 Å². The van der Waals surface area contributed by atoms with Gasteiger partial charge in [0, 0.05) is 9.90 Å². The van der Waals surface area contributed by atoms with Crippen LogP contribution in [0.2, 0.25) is 5.02 Å². The third-order valence-electron chi connectivity index (χ3n) is 3.27. The molecule has 0 N–H and O–H groups in total. The molecule has 0 fully saturated rings. The molecule has 0 spiro atoms. The van der Waals surface area contributed by atoms with Gasteiger partial charge in [-0.2, -0.15) is 0 Å². The molecule has 2 aromatic heterocycles. The lowest BCUT2D eigenvalue weighted by Gasteiger charge is -2.07. The number of benzene rings is 1. The van der Waals surface area contributed by atoms with Crippen LogP contribution in [0.15, 0.2) is 24.5 Å². The Bertz CT molecular complexity index is 798. The fraction of sp³-hybridized carbons (Fsp3) is 0.200. The Morgan fingerprint density at radius 2 is 1.95 bits per heavy atom. The van der Waals surface area contributed by atoms with Gasteiger partial charge < -0.3 is 4.74 Å². The quantitative estimate of drug-likeness (QED) is 0.663. The highest BCUT2D eigenvalue weighted by Crippen LogP contribution is 2.36. The number of fused-ring (bicyclic) bond motifs is 1. The van der Waals surface area contributed by atoms with Gasteiger partial charge in [0.1, 0.15) is 16.9 Å². The summed E-state index contributed by atoms with van der Waals surface area (Å²) in [5, 5.41) is 1.72. The summed E-state index contributed by atoms with van der Waals surface area (Å²) in [4.78, 5) is 10.8. The number of hydrogen-bond acceptors (Lipinski definition) is 4. The Balaban J connectivity index is 2.08. The van der Waals surface area contributed by atoms with Crippen molar-refractivity contribution in [2.24, 2.45) is 0 Å². The summed E-state index contributed by atoms with van der Waals surface area (Å²) in [5.41, 5.74) is 2.15. The highest BCUT2D eigenvalue weighted by atomic mass is 35.5. The number of hydrogen-bond donors (Lipinski definition) is 0. The lowest BCUT2D eigenvalue weighted by atomic mass is 10.2. The Hall–Kier alpha value is -1.65. The van der Waals surface area contributed by atoms with E-state index in [1.54, 1.807) is 11.3 Å². The molecule has 0 bridgehead atoms. The fourth-order valence-electron chi connectivity index (χ4n) is 2.02. The van der Waals surface area contributed by atoms with Crippen molar-refractivity contribution in [2.45, 2.75) is 20.8 Å². The van der Waals surface area contributed by atoms with Gasteiger partial charge in [0.25, 0.3) is 0 Å². The average molecular weight is 305 g/mol. The van der Waals surface area contributed by atoms with Crippen LogP contribution in [0.4, 0.5) is 0 Å². The lowest BCUT2D eigenvalue weighted by Crippen LogP contribution is -1.91. The van der Waals surface area contributed by atoms with Crippen LogP contribution >= 0.6 is 22.9 Å². The van der Waals surface area contributed by atoms with Gasteiger partial charge in [0.2, 0.25) is 5.88 Å². The van der Waals surface area contributed by atoms with Crippen LogP contribution in [-0.2, 0) is 0 Å². The summed E-state index contributed by atoms with van der Waals surface area (Å²) in [6.45, 7) is 6.10. The molecule has 3 nitrogen and oxygen atoms in total. The second-order valence-electron chi connectivity index (χ2n) is 4.66. The van der Waals surface area contributed by atoms with Crippen molar-refractivity contribution in [1.82, 2.24) is 9.97 Å². The molecule has 0 aliphatic carbocycles. The van der Waals surface area contributed by atoms with E-state index in [-0.39, 0.29) is 0 Å². The smallest absolute Gasteiger partial charge is 0.231 e. The number of thiophene rings is 1. The molecular weight excluding hydrogens is 292 g/mol. The van der Waals surface area contributed by atoms with E-state index in [9.17, 15) is 0 Å². The molecule has 2 heterocycles. The van der Waals surface area contributed by atoms with Gasteiger partial charge in [0.05, 0.1) is 5.39 Å². The highest BCUT2D eigenvalue weighted by molar-refractivity contribution is 7.18. The van der Waals surface area contributed by atoms with E-state index in [1.807, 2.05) is 25.1 Å². The van der Waals surface area contributed by atoms with Gasteiger partial charge in [-0.3, -0.25) is 0 Å². The first-order chi connectivity index (χ1) is 9.56. The predicted molar refractivity (Wildman–Crippen MR) is 83.2 cm³/mol. The molecule has 3 rings (SSSR count). The van der Waals surface area contributed by atoms with Crippen LogP contribution < -0.4 is 4.74 Å². The van der Waals surface area contributed by atoms with Gasteiger partial charge >= 0.3 is 0 Å². The first-order valence-corrected chi connectivity index (χ1v) is 7.40. The Labute approximate surface area is 126 Å². The largest absolute Gasteiger partial charge is 0.438 e.